The van der Waals surface area contributed by atoms with Gasteiger partial charge in [0.25, 0.3) is 0 Å². The van der Waals surface area contributed by atoms with Gasteiger partial charge >= 0.3 is 0 Å². The van der Waals surface area contributed by atoms with Crippen molar-refractivity contribution < 1.29 is 14.3 Å². The molecule has 1 N–H and O–H groups in total. The summed E-state index contributed by atoms with van der Waals surface area (Å²) in [6, 6.07) is 11.1. The fourth-order valence-corrected chi connectivity index (χ4v) is 3.52. The highest BCUT2D eigenvalue weighted by Crippen LogP contribution is 2.34. The van der Waals surface area contributed by atoms with E-state index in [1.807, 2.05) is 50.2 Å². The zero-order valence-electron chi connectivity index (χ0n) is 16.3. The molecular formula is C22H25ClN2O3. The number of ether oxygens (including phenoxy) is 1. The van der Waals surface area contributed by atoms with Crippen molar-refractivity contribution in [2.75, 3.05) is 36.5 Å². The van der Waals surface area contributed by atoms with E-state index >= 15 is 0 Å². The van der Waals surface area contributed by atoms with Gasteiger partial charge in [-0.25, -0.2) is 0 Å². The number of para-hydroxylation sites is 1. The Balaban J connectivity index is 1.64. The molecule has 5 nitrogen and oxygen atoms in total. The standard InChI is InChI=1S/C22H25ClN2O3/c1-15-6-7-17(14-16(15)2)20(26)8-9-21(27)24-19-5-3-4-18(23)22(19)25-10-12-28-13-11-25/h3-7,14H,8-13H2,1-2H3,(H,24,27). The van der Waals surface area contributed by atoms with Crippen LogP contribution in [0.5, 0.6) is 0 Å². The second-order valence-corrected chi connectivity index (χ2v) is 7.41. The molecular weight excluding hydrogens is 376 g/mol. The molecule has 1 fully saturated rings. The van der Waals surface area contributed by atoms with Crippen LogP contribution >= 0.6 is 11.6 Å². The van der Waals surface area contributed by atoms with Crippen LogP contribution in [0.3, 0.4) is 0 Å². The maximum atomic E-state index is 12.5. The fourth-order valence-electron chi connectivity index (χ4n) is 3.22. The quantitative estimate of drug-likeness (QED) is 0.730. The minimum Gasteiger partial charge on any atom is -0.378 e. The van der Waals surface area contributed by atoms with E-state index in [1.54, 1.807) is 0 Å². The first kappa shape index (κ1) is 20.4. The van der Waals surface area contributed by atoms with Gasteiger partial charge in [0.05, 0.1) is 29.6 Å². The number of amides is 1. The topological polar surface area (TPSA) is 58.6 Å². The normalized spacial score (nSPS) is 14.0. The van der Waals surface area contributed by atoms with E-state index in [-0.39, 0.29) is 24.5 Å². The third kappa shape index (κ3) is 4.91. The number of aryl methyl sites for hydroxylation is 2. The number of benzene rings is 2. The highest BCUT2D eigenvalue weighted by atomic mass is 35.5. The first-order valence-corrected chi connectivity index (χ1v) is 9.85. The average molecular weight is 401 g/mol. The summed E-state index contributed by atoms with van der Waals surface area (Å²) in [5.41, 5.74) is 4.34. The van der Waals surface area contributed by atoms with Crippen LogP contribution in [0.25, 0.3) is 0 Å². The maximum absolute atomic E-state index is 12.5. The number of hydrogen-bond donors (Lipinski definition) is 1. The summed E-state index contributed by atoms with van der Waals surface area (Å²) < 4.78 is 5.40. The molecule has 0 aromatic heterocycles. The number of carbonyl (C=O) groups excluding carboxylic acids is 2. The smallest absolute Gasteiger partial charge is 0.224 e. The van der Waals surface area contributed by atoms with Crippen LogP contribution < -0.4 is 10.2 Å². The molecule has 0 bridgehead atoms. The van der Waals surface area contributed by atoms with Crippen molar-refractivity contribution in [1.29, 1.82) is 0 Å². The molecule has 0 aliphatic carbocycles. The fraction of sp³-hybridized carbons (Fsp3) is 0.364. The molecule has 28 heavy (non-hydrogen) atoms. The van der Waals surface area contributed by atoms with Crippen LogP contribution in [0.4, 0.5) is 11.4 Å². The largest absolute Gasteiger partial charge is 0.378 e. The Morgan fingerprint density at radius 1 is 1.07 bits per heavy atom. The summed E-state index contributed by atoms with van der Waals surface area (Å²) in [5.74, 6) is -0.230. The number of nitrogens with one attached hydrogen (secondary N) is 1. The molecule has 0 saturated carbocycles. The summed E-state index contributed by atoms with van der Waals surface area (Å²) >= 11 is 6.39. The van der Waals surface area contributed by atoms with Gasteiger partial charge in [0.15, 0.2) is 5.78 Å². The van der Waals surface area contributed by atoms with Crippen LogP contribution in [0.2, 0.25) is 5.02 Å². The highest BCUT2D eigenvalue weighted by Gasteiger charge is 2.19. The van der Waals surface area contributed by atoms with Gasteiger partial charge in [-0.2, -0.15) is 0 Å². The summed E-state index contributed by atoms with van der Waals surface area (Å²) in [5, 5.41) is 3.51. The zero-order chi connectivity index (χ0) is 20.1. The van der Waals surface area contributed by atoms with E-state index in [0.717, 1.165) is 29.9 Å². The lowest BCUT2D eigenvalue weighted by atomic mass is 10.0. The van der Waals surface area contributed by atoms with Gasteiger partial charge in [-0.1, -0.05) is 29.8 Å². The monoisotopic (exact) mass is 400 g/mol. The summed E-state index contributed by atoms with van der Waals surface area (Å²) in [4.78, 5) is 27.0. The van der Waals surface area contributed by atoms with Crippen LogP contribution in [-0.4, -0.2) is 38.0 Å². The van der Waals surface area contributed by atoms with E-state index in [0.29, 0.717) is 29.5 Å². The number of ketones is 1. The second kappa shape index (κ2) is 9.22. The van der Waals surface area contributed by atoms with E-state index < -0.39 is 0 Å². The van der Waals surface area contributed by atoms with Crippen LogP contribution in [-0.2, 0) is 9.53 Å². The first-order chi connectivity index (χ1) is 13.5. The van der Waals surface area contributed by atoms with Crippen molar-refractivity contribution in [3.05, 3.63) is 58.1 Å². The van der Waals surface area contributed by atoms with Crippen molar-refractivity contribution in [2.24, 2.45) is 0 Å². The average Bonchev–Trinajstić information content (AvgIpc) is 2.69. The van der Waals surface area contributed by atoms with Crippen molar-refractivity contribution in [3.8, 4) is 0 Å². The van der Waals surface area contributed by atoms with Crippen molar-refractivity contribution in [2.45, 2.75) is 26.7 Å². The van der Waals surface area contributed by atoms with Gasteiger partial charge in [-0.15, -0.1) is 0 Å². The molecule has 1 saturated heterocycles. The molecule has 1 amide bonds. The minimum absolute atomic E-state index is 0.0299. The van der Waals surface area contributed by atoms with Gasteiger partial charge in [0.2, 0.25) is 5.91 Å². The van der Waals surface area contributed by atoms with Crippen molar-refractivity contribution in [1.82, 2.24) is 0 Å². The molecule has 6 heteroatoms. The number of halogens is 1. The van der Waals surface area contributed by atoms with E-state index in [1.165, 1.54) is 0 Å². The molecule has 3 rings (SSSR count). The Kier molecular flexibility index (Phi) is 6.70. The van der Waals surface area contributed by atoms with Gasteiger partial charge in [0.1, 0.15) is 0 Å². The second-order valence-electron chi connectivity index (χ2n) is 7.01. The number of anilines is 2. The molecule has 0 unspecified atom stereocenters. The number of hydrogen-bond acceptors (Lipinski definition) is 4. The van der Waals surface area contributed by atoms with Crippen LogP contribution in [0.1, 0.15) is 34.3 Å². The van der Waals surface area contributed by atoms with Crippen LogP contribution in [0.15, 0.2) is 36.4 Å². The number of morpholine rings is 1. The molecule has 0 spiro atoms. The molecule has 1 aliphatic rings. The Morgan fingerprint density at radius 2 is 1.82 bits per heavy atom. The molecule has 2 aromatic rings. The first-order valence-electron chi connectivity index (χ1n) is 9.47. The lowest BCUT2D eigenvalue weighted by molar-refractivity contribution is -0.116. The minimum atomic E-state index is -0.200. The lowest BCUT2D eigenvalue weighted by Gasteiger charge is -2.31. The van der Waals surface area contributed by atoms with Gasteiger partial charge in [-0.05, 0) is 43.2 Å². The van der Waals surface area contributed by atoms with E-state index in [4.69, 9.17) is 16.3 Å². The number of rotatable bonds is 6. The molecule has 0 radical (unpaired) electrons. The summed E-state index contributed by atoms with van der Waals surface area (Å²) in [6.45, 7) is 6.68. The Hall–Kier alpha value is -2.37. The van der Waals surface area contributed by atoms with Gasteiger partial charge in [-0.3, -0.25) is 9.59 Å². The molecule has 148 valence electrons. The SMILES string of the molecule is Cc1ccc(C(=O)CCC(=O)Nc2cccc(Cl)c2N2CCOCC2)cc1C. The number of carbonyl (C=O) groups is 2. The highest BCUT2D eigenvalue weighted by molar-refractivity contribution is 6.34. The molecule has 1 heterocycles. The molecule has 1 aliphatic heterocycles. The maximum Gasteiger partial charge on any atom is 0.224 e. The Bertz CT molecular complexity index is 876. The summed E-state index contributed by atoms with van der Waals surface area (Å²) in [6.07, 6.45) is 0.294. The van der Waals surface area contributed by atoms with Crippen LogP contribution in [0, 0.1) is 13.8 Å². The van der Waals surface area contributed by atoms with Gasteiger partial charge in [0, 0.05) is 31.5 Å². The van der Waals surface area contributed by atoms with Crippen molar-refractivity contribution >= 4 is 34.7 Å². The third-order valence-electron chi connectivity index (χ3n) is 5.00. The molecule has 0 atom stereocenters. The number of Topliss-reactive ketones (excluding diaryl/α,β-unsaturated/α-hetero) is 1. The predicted octanol–water partition coefficient (Wildman–Crippen LogP) is 4.40. The van der Waals surface area contributed by atoms with E-state index in [9.17, 15) is 9.59 Å². The Morgan fingerprint density at radius 3 is 2.54 bits per heavy atom. The zero-order valence-corrected chi connectivity index (χ0v) is 17.0. The molecule has 2 aromatic carbocycles. The predicted molar refractivity (Wildman–Crippen MR) is 113 cm³/mol. The summed E-state index contributed by atoms with van der Waals surface area (Å²) in [7, 11) is 0. The number of nitrogens with zero attached hydrogens (tertiary/aromatic N) is 1. The van der Waals surface area contributed by atoms with Gasteiger partial charge < -0.3 is 15.0 Å². The van der Waals surface area contributed by atoms with Crippen molar-refractivity contribution in [3.63, 3.8) is 0 Å². The third-order valence-corrected chi connectivity index (χ3v) is 5.30. The lowest BCUT2D eigenvalue weighted by Crippen LogP contribution is -2.37. The Labute approximate surface area is 170 Å². The van der Waals surface area contributed by atoms with E-state index in [2.05, 4.69) is 10.2 Å².